The van der Waals surface area contributed by atoms with Crippen LogP contribution in [0.15, 0.2) is 4.99 Å². The average Bonchev–Trinajstić information content (AvgIpc) is 2.24. The van der Waals surface area contributed by atoms with Crippen molar-refractivity contribution in [3.05, 3.63) is 0 Å². The lowest BCUT2D eigenvalue weighted by molar-refractivity contribution is 0.107. The summed E-state index contributed by atoms with van der Waals surface area (Å²) >= 11 is 0. The van der Waals surface area contributed by atoms with Gasteiger partial charge in [-0.1, -0.05) is 13.8 Å². The van der Waals surface area contributed by atoms with Gasteiger partial charge in [-0.3, -0.25) is 4.99 Å². The van der Waals surface area contributed by atoms with E-state index in [9.17, 15) is 5.11 Å². The molecular weight excluding hydrogens is 202 g/mol. The molecule has 0 aliphatic heterocycles. The molecule has 1 N–H and O–H groups in total. The Labute approximate surface area is 98.9 Å². The molecular formula is C13H25NO2. The summed E-state index contributed by atoms with van der Waals surface area (Å²) in [6.07, 6.45) is 2.74. The molecule has 0 aromatic rings. The highest BCUT2D eigenvalue weighted by molar-refractivity contribution is 5.90. The molecule has 0 aromatic carbocycles. The second kappa shape index (κ2) is 6.36. The van der Waals surface area contributed by atoms with Gasteiger partial charge in [0.15, 0.2) is 0 Å². The Morgan fingerprint density at radius 2 is 2.19 bits per heavy atom. The van der Waals surface area contributed by atoms with Gasteiger partial charge in [0.2, 0.25) is 0 Å². The van der Waals surface area contributed by atoms with E-state index >= 15 is 0 Å². The zero-order valence-electron chi connectivity index (χ0n) is 10.9. The summed E-state index contributed by atoms with van der Waals surface area (Å²) < 4.78 is 5.11. The molecule has 0 radical (unpaired) electrons. The number of aliphatic hydroxyl groups excluding tert-OH is 1. The van der Waals surface area contributed by atoms with Crippen LogP contribution in [0.1, 0.15) is 40.0 Å². The summed E-state index contributed by atoms with van der Waals surface area (Å²) in [5.41, 5.74) is 1.20. The van der Waals surface area contributed by atoms with Crippen molar-refractivity contribution in [2.24, 2.45) is 16.8 Å². The van der Waals surface area contributed by atoms with Crippen LogP contribution in [0, 0.1) is 11.8 Å². The van der Waals surface area contributed by atoms with Gasteiger partial charge in [0.05, 0.1) is 18.8 Å². The topological polar surface area (TPSA) is 41.8 Å². The molecule has 0 aromatic heterocycles. The second-order valence-corrected chi connectivity index (χ2v) is 4.92. The molecule has 3 heteroatoms. The molecule has 0 saturated heterocycles. The number of aliphatic hydroxyl groups is 1. The monoisotopic (exact) mass is 227 g/mol. The molecule has 1 aliphatic carbocycles. The Kier molecular flexibility index (Phi) is 5.42. The molecule has 94 valence electrons. The van der Waals surface area contributed by atoms with Crippen molar-refractivity contribution in [2.45, 2.75) is 52.2 Å². The Bertz CT molecular complexity index is 240. The first-order valence-electron chi connectivity index (χ1n) is 6.34. The van der Waals surface area contributed by atoms with Crippen molar-refractivity contribution in [1.82, 2.24) is 0 Å². The largest absolute Gasteiger partial charge is 0.392 e. The van der Waals surface area contributed by atoms with E-state index in [1.54, 1.807) is 7.11 Å². The van der Waals surface area contributed by atoms with E-state index in [4.69, 9.17) is 9.73 Å². The minimum Gasteiger partial charge on any atom is -0.392 e. The number of ether oxygens (including phenoxy) is 1. The Balaban J connectivity index is 2.78. The molecule has 4 atom stereocenters. The minimum atomic E-state index is -0.199. The van der Waals surface area contributed by atoms with Gasteiger partial charge in [0.25, 0.3) is 0 Å². The lowest BCUT2D eigenvalue weighted by Gasteiger charge is -2.33. The van der Waals surface area contributed by atoms with Crippen LogP contribution in [-0.2, 0) is 4.74 Å². The number of aliphatic imine (C=N–C) groups is 1. The smallest absolute Gasteiger partial charge is 0.0704 e. The van der Waals surface area contributed by atoms with Gasteiger partial charge in [0, 0.05) is 18.7 Å². The lowest BCUT2D eigenvalue weighted by Crippen LogP contribution is -2.38. The molecule has 0 heterocycles. The van der Waals surface area contributed by atoms with Crippen molar-refractivity contribution >= 4 is 5.71 Å². The molecule has 1 aliphatic rings. The normalized spacial score (nSPS) is 35.3. The summed E-state index contributed by atoms with van der Waals surface area (Å²) in [6, 6.07) is 0.196. The molecule has 16 heavy (non-hydrogen) atoms. The molecule has 1 saturated carbocycles. The van der Waals surface area contributed by atoms with Crippen molar-refractivity contribution in [2.75, 3.05) is 13.7 Å². The third kappa shape index (κ3) is 3.29. The Morgan fingerprint density at radius 1 is 1.50 bits per heavy atom. The maximum absolute atomic E-state index is 9.99. The molecule has 0 bridgehead atoms. The van der Waals surface area contributed by atoms with Crippen LogP contribution in [0.25, 0.3) is 0 Å². The van der Waals surface area contributed by atoms with E-state index in [1.807, 2.05) is 0 Å². The van der Waals surface area contributed by atoms with Gasteiger partial charge >= 0.3 is 0 Å². The van der Waals surface area contributed by atoms with Crippen LogP contribution in [0.2, 0.25) is 0 Å². The highest BCUT2D eigenvalue weighted by Crippen LogP contribution is 2.29. The highest BCUT2D eigenvalue weighted by Gasteiger charge is 2.31. The number of nitrogens with zero attached hydrogens (tertiary/aromatic N) is 1. The van der Waals surface area contributed by atoms with E-state index in [0.717, 1.165) is 19.3 Å². The molecule has 1 rings (SSSR count). The average molecular weight is 227 g/mol. The summed E-state index contributed by atoms with van der Waals surface area (Å²) in [5, 5.41) is 9.99. The van der Waals surface area contributed by atoms with Gasteiger partial charge in [0.1, 0.15) is 0 Å². The van der Waals surface area contributed by atoms with Crippen molar-refractivity contribution in [1.29, 1.82) is 0 Å². The zero-order chi connectivity index (χ0) is 12.1. The number of hydrogen-bond donors (Lipinski definition) is 1. The van der Waals surface area contributed by atoms with Crippen LogP contribution in [0.4, 0.5) is 0 Å². The fourth-order valence-electron chi connectivity index (χ4n) is 2.57. The Hall–Kier alpha value is -0.410. The van der Waals surface area contributed by atoms with Crippen LogP contribution < -0.4 is 0 Å². The summed E-state index contributed by atoms with van der Waals surface area (Å²) in [7, 11) is 1.70. The van der Waals surface area contributed by atoms with E-state index in [0.29, 0.717) is 12.5 Å². The van der Waals surface area contributed by atoms with Gasteiger partial charge in [-0.2, -0.15) is 0 Å². The first kappa shape index (κ1) is 13.7. The number of rotatable bonds is 4. The van der Waals surface area contributed by atoms with Crippen molar-refractivity contribution in [3.63, 3.8) is 0 Å². The van der Waals surface area contributed by atoms with E-state index < -0.39 is 0 Å². The molecule has 0 spiro atoms. The SMILES string of the molecule is CCC1C(=NC(C)COC)C(C)CCC1O. The van der Waals surface area contributed by atoms with E-state index in [1.165, 1.54) is 5.71 Å². The maximum atomic E-state index is 9.99. The first-order valence-corrected chi connectivity index (χ1v) is 6.34. The minimum absolute atomic E-state index is 0.196. The highest BCUT2D eigenvalue weighted by atomic mass is 16.5. The number of hydrogen-bond acceptors (Lipinski definition) is 3. The van der Waals surface area contributed by atoms with E-state index in [2.05, 4.69) is 20.8 Å². The summed E-state index contributed by atoms with van der Waals surface area (Å²) in [4.78, 5) is 4.74. The fourth-order valence-corrected chi connectivity index (χ4v) is 2.57. The van der Waals surface area contributed by atoms with E-state index in [-0.39, 0.29) is 18.1 Å². The summed E-state index contributed by atoms with van der Waals surface area (Å²) in [5.74, 6) is 0.760. The van der Waals surface area contributed by atoms with Gasteiger partial charge in [-0.15, -0.1) is 0 Å². The van der Waals surface area contributed by atoms with Gasteiger partial charge in [-0.05, 0) is 32.1 Å². The quantitative estimate of drug-likeness (QED) is 0.800. The zero-order valence-corrected chi connectivity index (χ0v) is 10.9. The van der Waals surface area contributed by atoms with Crippen LogP contribution in [0.5, 0.6) is 0 Å². The fraction of sp³-hybridized carbons (Fsp3) is 0.923. The van der Waals surface area contributed by atoms with Crippen molar-refractivity contribution < 1.29 is 9.84 Å². The third-order valence-electron chi connectivity index (χ3n) is 3.46. The second-order valence-electron chi connectivity index (χ2n) is 4.92. The van der Waals surface area contributed by atoms with Gasteiger partial charge < -0.3 is 9.84 Å². The third-order valence-corrected chi connectivity index (χ3v) is 3.46. The van der Waals surface area contributed by atoms with Crippen LogP contribution >= 0.6 is 0 Å². The molecule has 4 unspecified atom stereocenters. The molecule has 1 fully saturated rings. The maximum Gasteiger partial charge on any atom is 0.0704 e. The lowest BCUT2D eigenvalue weighted by atomic mass is 9.77. The Morgan fingerprint density at radius 3 is 2.75 bits per heavy atom. The predicted octanol–water partition coefficient (Wildman–Crippen LogP) is 2.28. The van der Waals surface area contributed by atoms with Crippen LogP contribution in [-0.4, -0.2) is 36.7 Å². The van der Waals surface area contributed by atoms with Crippen LogP contribution in [0.3, 0.4) is 0 Å². The molecule has 0 amide bonds. The first-order chi connectivity index (χ1) is 7.60. The molecule has 3 nitrogen and oxygen atoms in total. The summed E-state index contributed by atoms with van der Waals surface area (Å²) in [6.45, 7) is 7.06. The standard InChI is InChI=1S/C13H25NO2/c1-5-11-12(15)7-6-9(2)13(11)14-10(3)8-16-4/h9-12,15H,5-8H2,1-4H3. The number of methoxy groups -OCH3 is 1. The van der Waals surface area contributed by atoms with Crippen molar-refractivity contribution in [3.8, 4) is 0 Å². The predicted molar refractivity (Wildman–Crippen MR) is 67.0 cm³/mol. The van der Waals surface area contributed by atoms with Gasteiger partial charge in [-0.25, -0.2) is 0 Å².